The Morgan fingerprint density at radius 3 is 2.79 bits per heavy atom. The highest BCUT2D eigenvalue weighted by Crippen LogP contribution is 2.24. The Labute approximate surface area is 110 Å². The van der Waals surface area contributed by atoms with Crippen molar-refractivity contribution in [2.75, 3.05) is 18.2 Å². The van der Waals surface area contributed by atoms with E-state index in [2.05, 4.69) is 15.3 Å². The van der Waals surface area contributed by atoms with Crippen LogP contribution in [0.4, 0.5) is 21.7 Å². The quantitative estimate of drug-likeness (QED) is 0.885. The molecular weight excluding hydrogens is 247 g/mol. The molecule has 6 heteroatoms. The van der Waals surface area contributed by atoms with E-state index in [-0.39, 0.29) is 5.75 Å². The van der Waals surface area contributed by atoms with Gasteiger partial charge in [0.2, 0.25) is 0 Å². The van der Waals surface area contributed by atoms with Crippen molar-refractivity contribution >= 4 is 17.3 Å². The predicted molar refractivity (Wildman–Crippen MR) is 72.1 cm³/mol. The van der Waals surface area contributed by atoms with Crippen LogP contribution >= 0.6 is 0 Å². The van der Waals surface area contributed by atoms with Crippen LogP contribution in [-0.2, 0) is 6.42 Å². The zero-order chi connectivity index (χ0) is 13.8. The number of hydrogen-bond acceptors (Lipinski definition) is 5. The van der Waals surface area contributed by atoms with Gasteiger partial charge in [0, 0.05) is 24.2 Å². The Bertz CT molecular complexity index is 589. The van der Waals surface area contributed by atoms with Gasteiger partial charge in [0.05, 0.1) is 7.11 Å². The van der Waals surface area contributed by atoms with Gasteiger partial charge < -0.3 is 15.8 Å². The second-order valence-electron chi connectivity index (χ2n) is 3.92. The van der Waals surface area contributed by atoms with E-state index in [1.807, 2.05) is 6.92 Å². The fraction of sp³-hybridized carbons (Fsp3) is 0.231. The number of rotatable bonds is 4. The summed E-state index contributed by atoms with van der Waals surface area (Å²) >= 11 is 0. The largest absolute Gasteiger partial charge is 0.494 e. The number of aromatic nitrogens is 2. The van der Waals surface area contributed by atoms with Crippen molar-refractivity contribution < 1.29 is 9.13 Å². The standard InChI is InChI=1S/C13H15FN4O/c1-3-12-17-11(15)7-13(18-12)16-8-4-5-9(14)10(6-8)19-2/h4-7H,3H2,1-2H3,(H3,15,16,17,18). The molecule has 2 aromatic rings. The lowest BCUT2D eigenvalue weighted by molar-refractivity contribution is 0.387. The van der Waals surface area contributed by atoms with Crippen molar-refractivity contribution in [3.63, 3.8) is 0 Å². The fourth-order valence-electron chi connectivity index (χ4n) is 1.63. The van der Waals surface area contributed by atoms with Crippen LogP contribution in [-0.4, -0.2) is 17.1 Å². The van der Waals surface area contributed by atoms with Crippen molar-refractivity contribution in [2.24, 2.45) is 0 Å². The summed E-state index contributed by atoms with van der Waals surface area (Å²) in [5.74, 6) is 1.37. The van der Waals surface area contributed by atoms with Gasteiger partial charge in [-0.25, -0.2) is 14.4 Å². The van der Waals surface area contributed by atoms with E-state index in [4.69, 9.17) is 10.5 Å². The van der Waals surface area contributed by atoms with E-state index >= 15 is 0 Å². The molecule has 3 N–H and O–H groups in total. The number of nitrogens with two attached hydrogens (primary N) is 1. The van der Waals surface area contributed by atoms with Gasteiger partial charge >= 0.3 is 0 Å². The zero-order valence-electron chi connectivity index (χ0n) is 10.8. The number of aryl methyl sites for hydroxylation is 1. The Balaban J connectivity index is 2.28. The highest BCUT2D eigenvalue weighted by molar-refractivity contribution is 5.60. The SMILES string of the molecule is CCc1nc(N)cc(Nc2ccc(F)c(OC)c2)n1. The first-order chi connectivity index (χ1) is 9.12. The van der Waals surface area contributed by atoms with Gasteiger partial charge in [0.15, 0.2) is 11.6 Å². The topological polar surface area (TPSA) is 73.1 Å². The summed E-state index contributed by atoms with van der Waals surface area (Å²) in [6.45, 7) is 1.94. The average Bonchev–Trinajstić information content (AvgIpc) is 2.40. The number of halogens is 1. The number of anilines is 3. The van der Waals surface area contributed by atoms with Gasteiger partial charge in [-0.05, 0) is 12.1 Å². The number of nitrogen functional groups attached to an aromatic ring is 1. The van der Waals surface area contributed by atoms with E-state index in [1.165, 1.54) is 13.2 Å². The highest BCUT2D eigenvalue weighted by Gasteiger charge is 2.06. The number of methoxy groups -OCH3 is 1. The smallest absolute Gasteiger partial charge is 0.165 e. The molecule has 0 unspecified atom stereocenters. The summed E-state index contributed by atoms with van der Waals surface area (Å²) in [5.41, 5.74) is 6.36. The second kappa shape index (κ2) is 5.51. The van der Waals surface area contributed by atoms with Gasteiger partial charge in [0.25, 0.3) is 0 Å². The number of ether oxygens (including phenoxy) is 1. The van der Waals surface area contributed by atoms with Crippen molar-refractivity contribution in [3.8, 4) is 5.75 Å². The molecule has 100 valence electrons. The number of hydrogen-bond donors (Lipinski definition) is 2. The van der Waals surface area contributed by atoms with E-state index in [9.17, 15) is 4.39 Å². The third-order valence-electron chi connectivity index (χ3n) is 2.53. The highest BCUT2D eigenvalue weighted by atomic mass is 19.1. The fourth-order valence-corrected chi connectivity index (χ4v) is 1.63. The molecule has 1 aromatic carbocycles. The van der Waals surface area contributed by atoms with Crippen LogP contribution in [0, 0.1) is 5.82 Å². The molecule has 2 rings (SSSR count). The van der Waals surface area contributed by atoms with Crippen molar-refractivity contribution in [1.29, 1.82) is 0 Å². The third-order valence-corrected chi connectivity index (χ3v) is 2.53. The molecule has 0 saturated carbocycles. The average molecular weight is 262 g/mol. The summed E-state index contributed by atoms with van der Waals surface area (Å²) in [5, 5.41) is 3.04. The van der Waals surface area contributed by atoms with E-state index in [0.29, 0.717) is 29.6 Å². The lowest BCUT2D eigenvalue weighted by Crippen LogP contribution is -2.03. The zero-order valence-corrected chi connectivity index (χ0v) is 10.8. The molecule has 5 nitrogen and oxygen atoms in total. The number of nitrogens with zero attached hydrogens (tertiary/aromatic N) is 2. The Hall–Kier alpha value is -2.37. The molecule has 1 heterocycles. The van der Waals surface area contributed by atoms with Crippen molar-refractivity contribution in [3.05, 3.63) is 35.9 Å². The first-order valence-electron chi connectivity index (χ1n) is 5.86. The minimum atomic E-state index is -0.413. The minimum absolute atomic E-state index is 0.169. The summed E-state index contributed by atoms with van der Waals surface area (Å²) in [6, 6.07) is 6.10. The first kappa shape index (κ1) is 13.1. The molecule has 0 aliphatic carbocycles. The predicted octanol–water partition coefficient (Wildman–Crippen LogP) is 2.51. The molecule has 0 bridgehead atoms. The summed E-state index contributed by atoms with van der Waals surface area (Å²) in [6.07, 6.45) is 0.687. The summed E-state index contributed by atoms with van der Waals surface area (Å²) in [7, 11) is 1.42. The molecule has 0 aliphatic rings. The van der Waals surface area contributed by atoms with Gasteiger partial charge in [-0.2, -0.15) is 0 Å². The molecule has 1 aromatic heterocycles. The van der Waals surface area contributed by atoms with E-state index in [1.54, 1.807) is 18.2 Å². The van der Waals surface area contributed by atoms with Crippen LogP contribution in [0.1, 0.15) is 12.7 Å². The van der Waals surface area contributed by atoms with Gasteiger partial charge in [-0.15, -0.1) is 0 Å². The van der Waals surface area contributed by atoms with Crippen LogP contribution in [0.2, 0.25) is 0 Å². The van der Waals surface area contributed by atoms with Crippen LogP contribution in [0.15, 0.2) is 24.3 Å². The van der Waals surface area contributed by atoms with Gasteiger partial charge in [0.1, 0.15) is 17.5 Å². The Morgan fingerprint density at radius 1 is 1.32 bits per heavy atom. The molecule has 0 fully saturated rings. The lowest BCUT2D eigenvalue weighted by atomic mass is 10.3. The maximum Gasteiger partial charge on any atom is 0.165 e. The molecule has 0 radical (unpaired) electrons. The Morgan fingerprint density at radius 2 is 2.11 bits per heavy atom. The molecule has 0 atom stereocenters. The van der Waals surface area contributed by atoms with E-state index < -0.39 is 5.82 Å². The third kappa shape index (κ3) is 3.09. The van der Waals surface area contributed by atoms with Crippen molar-refractivity contribution in [1.82, 2.24) is 9.97 Å². The summed E-state index contributed by atoms with van der Waals surface area (Å²) < 4.78 is 18.2. The molecule has 0 amide bonds. The van der Waals surface area contributed by atoms with E-state index in [0.717, 1.165) is 0 Å². The minimum Gasteiger partial charge on any atom is -0.494 e. The summed E-state index contributed by atoms with van der Waals surface area (Å²) in [4.78, 5) is 8.37. The second-order valence-corrected chi connectivity index (χ2v) is 3.92. The van der Waals surface area contributed by atoms with Crippen molar-refractivity contribution in [2.45, 2.75) is 13.3 Å². The molecule has 0 saturated heterocycles. The van der Waals surface area contributed by atoms with Crippen LogP contribution in [0.3, 0.4) is 0 Å². The normalized spacial score (nSPS) is 10.3. The molecular formula is C13H15FN4O. The first-order valence-corrected chi connectivity index (χ1v) is 5.86. The van der Waals surface area contributed by atoms with Crippen LogP contribution in [0.25, 0.3) is 0 Å². The lowest BCUT2D eigenvalue weighted by Gasteiger charge is -2.09. The Kier molecular flexibility index (Phi) is 3.79. The molecule has 19 heavy (non-hydrogen) atoms. The van der Waals surface area contributed by atoms with Gasteiger partial charge in [-0.3, -0.25) is 0 Å². The number of benzene rings is 1. The molecule has 0 spiro atoms. The van der Waals surface area contributed by atoms with Crippen LogP contribution in [0.5, 0.6) is 5.75 Å². The molecule has 0 aliphatic heterocycles. The van der Waals surface area contributed by atoms with Gasteiger partial charge in [-0.1, -0.05) is 6.92 Å². The number of nitrogens with one attached hydrogen (secondary N) is 1. The van der Waals surface area contributed by atoms with Crippen LogP contribution < -0.4 is 15.8 Å². The maximum atomic E-state index is 13.3. The monoisotopic (exact) mass is 262 g/mol. The maximum absolute atomic E-state index is 13.3.